The Hall–Kier alpha value is -0.580. The van der Waals surface area contributed by atoms with E-state index in [0.717, 1.165) is 25.9 Å². The summed E-state index contributed by atoms with van der Waals surface area (Å²) in [6.07, 6.45) is 4.86. The first kappa shape index (κ1) is 10.5. The Morgan fingerprint density at radius 1 is 1.77 bits per heavy atom. The maximum Gasteiger partial charge on any atom is 0.0876 e. The molecule has 1 atom stereocenters. The third-order valence-corrected chi connectivity index (χ3v) is 2.22. The molecular formula is C9H18N2O2. The average molecular weight is 186 g/mol. The molecule has 1 aliphatic rings. The van der Waals surface area contributed by atoms with Crippen molar-refractivity contribution < 1.29 is 9.47 Å². The molecule has 0 aromatic carbocycles. The molecule has 0 amide bonds. The molecule has 76 valence electrons. The topological polar surface area (TPSA) is 56.5 Å². The highest BCUT2D eigenvalue weighted by molar-refractivity contribution is 5.09. The molecule has 0 spiro atoms. The maximum atomic E-state index is 5.44. The van der Waals surface area contributed by atoms with E-state index in [0.29, 0.717) is 6.61 Å². The number of nitrogens with two attached hydrogens (primary N) is 1. The lowest BCUT2D eigenvalue weighted by molar-refractivity contribution is 0.180. The van der Waals surface area contributed by atoms with E-state index < -0.39 is 0 Å². The van der Waals surface area contributed by atoms with Crippen molar-refractivity contribution in [1.82, 2.24) is 5.43 Å². The van der Waals surface area contributed by atoms with Gasteiger partial charge in [0.2, 0.25) is 0 Å². The Kier molecular flexibility index (Phi) is 4.82. The smallest absolute Gasteiger partial charge is 0.0876 e. The van der Waals surface area contributed by atoms with Crippen LogP contribution in [0.4, 0.5) is 0 Å². The summed E-state index contributed by atoms with van der Waals surface area (Å²) in [5.74, 6) is 5.44. The van der Waals surface area contributed by atoms with Crippen molar-refractivity contribution in [3.05, 3.63) is 11.8 Å². The number of methoxy groups -OCH3 is 1. The van der Waals surface area contributed by atoms with Gasteiger partial charge < -0.3 is 9.47 Å². The first-order valence-corrected chi connectivity index (χ1v) is 4.64. The molecule has 0 aromatic heterocycles. The number of nitrogens with one attached hydrogen (secondary N) is 1. The fourth-order valence-corrected chi connectivity index (χ4v) is 1.45. The quantitative estimate of drug-likeness (QED) is 0.486. The van der Waals surface area contributed by atoms with Crippen LogP contribution in [0.5, 0.6) is 0 Å². The third-order valence-electron chi connectivity index (χ3n) is 2.22. The highest BCUT2D eigenvalue weighted by Crippen LogP contribution is 2.17. The van der Waals surface area contributed by atoms with Gasteiger partial charge in [-0.1, -0.05) is 0 Å². The zero-order valence-corrected chi connectivity index (χ0v) is 8.08. The molecule has 0 saturated carbocycles. The Morgan fingerprint density at radius 2 is 2.62 bits per heavy atom. The molecular weight excluding hydrogens is 168 g/mol. The van der Waals surface area contributed by atoms with Crippen LogP contribution in [0.15, 0.2) is 11.8 Å². The molecule has 0 radical (unpaired) electrons. The molecule has 3 N–H and O–H groups in total. The van der Waals surface area contributed by atoms with Gasteiger partial charge in [-0.25, -0.2) is 0 Å². The van der Waals surface area contributed by atoms with Gasteiger partial charge in [0.05, 0.1) is 12.9 Å². The van der Waals surface area contributed by atoms with Crippen LogP contribution < -0.4 is 11.3 Å². The van der Waals surface area contributed by atoms with Gasteiger partial charge in [0.1, 0.15) is 0 Å². The van der Waals surface area contributed by atoms with Crippen LogP contribution >= 0.6 is 0 Å². The van der Waals surface area contributed by atoms with Crippen LogP contribution in [0.3, 0.4) is 0 Å². The summed E-state index contributed by atoms with van der Waals surface area (Å²) in [6.45, 7) is 1.54. The van der Waals surface area contributed by atoms with Crippen LogP contribution in [0.1, 0.15) is 19.3 Å². The predicted octanol–water partition coefficient (Wildman–Crippen LogP) is 0.549. The zero-order valence-electron chi connectivity index (χ0n) is 8.08. The van der Waals surface area contributed by atoms with Crippen LogP contribution in [0, 0.1) is 0 Å². The van der Waals surface area contributed by atoms with Gasteiger partial charge in [0, 0.05) is 19.8 Å². The first-order valence-electron chi connectivity index (χ1n) is 4.64. The molecule has 0 aliphatic carbocycles. The van der Waals surface area contributed by atoms with Crippen molar-refractivity contribution in [1.29, 1.82) is 0 Å². The summed E-state index contributed by atoms with van der Waals surface area (Å²) in [7, 11) is 1.69. The standard InChI is InChI=1S/C9H18N2O2/c1-12-6-4-9(11-10)8-3-2-5-13-7-8/h7,9,11H,2-6,10H2,1H3. The third kappa shape index (κ3) is 3.34. The molecule has 4 heteroatoms. The number of ether oxygens (including phenoxy) is 2. The second-order valence-electron chi connectivity index (χ2n) is 3.17. The average Bonchev–Trinajstić information content (AvgIpc) is 2.21. The highest BCUT2D eigenvalue weighted by atomic mass is 16.5. The Balaban J connectivity index is 2.39. The fraction of sp³-hybridized carbons (Fsp3) is 0.778. The SMILES string of the molecule is COCCC(NN)C1=COCCC1. The normalized spacial score (nSPS) is 19.1. The largest absolute Gasteiger partial charge is 0.501 e. The van der Waals surface area contributed by atoms with Crippen LogP contribution in [0.25, 0.3) is 0 Å². The van der Waals surface area contributed by atoms with Gasteiger partial charge in [-0.05, 0) is 24.8 Å². The van der Waals surface area contributed by atoms with E-state index in [9.17, 15) is 0 Å². The second kappa shape index (κ2) is 5.96. The van der Waals surface area contributed by atoms with Gasteiger partial charge in [-0.2, -0.15) is 0 Å². The molecule has 0 aromatic rings. The van der Waals surface area contributed by atoms with Gasteiger partial charge in [0.15, 0.2) is 0 Å². The summed E-state index contributed by atoms with van der Waals surface area (Å²) in [5.41, 5.74) is 4.02. The lowest BCUT2D eigenvalue weighted by atomic mass is 10.0. The minimum atomic E-state index is 0.195. The van der Waals surface area contributed by atoms with E-state index in [2.05, 4.69) is 5.43 Å². The van der Waals surface area contributed by atoms with Crippen molar-refractivity contribution in [2.45, 2.75) is 25.3 Å². The van der Waals surface area contributed by atoms with E-state index in [1.54, 1.807) is 7.11 Å². The Morgan fingerprint density at radius 3 is 3.15 bits per heavy atom. The van der Waals surface area contributed by atoms with Crippen molar-refractivity contribution >= 4 is 0 Å². The monoisotopic (exact) mass is 186 g/mol. The van der Waals surface area contributed by atoms with E-state index >= 15 is 0 Å². The van der Waals surface area contributed by atoms with Crippen LogP contribution in [-0.2, 0) is 9.47 Å². The molecule has 1 rings (SSSR count). The van der Waals surface area contributed by atoms with Gasteiger partial charge in [0.25, 0.3) is 0 Å². The van der Waals surface area contributed by atoms with Crippen molar-refractivity contribution in [3.8, 4) is 0 Å². The second-order valence-corrected chi connectivity index (χ2v) is 3.17. The maximum absolute atomic E-state index is 5.44. The molecule has 1 heterocycles. The molecule has 0 bridgehead atoms. The Bertz CT molecular complexity index is 171. The number of hydrogen-bond acceptors (Lipinski definition) is 4. The molecule has 13 heavy (non-hydrogen) atoms. The number of rotatable bonds is 5. The van der Waals surface area contributed by atoms with Crippen molar-refractivity contribution in [2.24, 2.45) is 5.84 Å². The lowest BCUT2D eigenvalue weighted by Crippen LogP contribution is -2.38. The van der Waals surface area contributed by atoms with Crippen LogP contribution in [-0.4, -0.2) is 26.4 Å². The number of hydrazine groups is 1. The summed E-state index contributed by atoms with van der Waals surface area (Å²) in [5, 5.41) is 0. The summed E-state index contributed by atoms with van der Waals surface area (Å²) < 4.78 is 10.2. The molecule has 0 saturated heterocycles. The molecule has 4 nitrogen and oxygen atoms in total. The van der Waals surface area contributed by atoms with Crippen LogP contribution in [0.2, 0.25) is 0 Å². The van der Waals surface area contributed by atoms with Gasteiger partial charge in [-0.15, -0.1) is 0 Å². The highest BCUT2D eigenvalue weighted by Gasteiger charge is 2.14. The van der Waals surface area contributed by atoms with E-state index in [1.807, 2.05) is 6.26 Å². The van der Waals surface area contributed by atoms with E-state index in [-0.39, 0.29) is 6.04 Å². The predicted molar refractivity (Wildman–Crippen MR) is 50.9 cm³/mol. The zero-order chi connectivity index (χ0) is 9.52. The molecule has 1 aliphatic heterocycles. The summed E-state index contributed by atoms with van der Waals surface area (Å²) >= 11 is 0. The van der Waals surface area contributed by atoms with Crippen molar-refractivity contribution in [2.75, 3.05) is 20.3 Å². The van der Waals surface area contributed by atoms with E-state index in [1.165, 1.54) is 5.57 Å². The van der Waals surface area contributed by atoms with Gasteiger partial charge >= 0.3 is 0 Å². The lowest BCUT2D eigenvalue weighted by Gasteiger charge is -2.22. The Labute approximate surface area is 79.1 Å². The first-order chi connectivity index (χ1) is 6.38. The minimum Gasteiger partial charge on any atom is -0.501 e. The van der Waals surface area contributed by atoms with E-state index in [4.69, 9.17) is 15.3 Å². The summed E-state index contributed by atoms with van der Waals surface area (Å²) in [6, 6.07) is 0.195. The molecule has 0 fully saturated rings. The van der Waals surface area contributed by atoms with Gasteiger partial charge in [-0.3, -0.25) is 11.3 Å². The minimum absolute atomic E-state index is 0.195. The molecule has 1 unspecified atom stereocenters. The number of hydrogen-bond donors (Lipinski definition) is 2. The fourth-order valence-electron chi connectivity index (χ4n) is 1.45. The summed E-state index contributed by atoms with van der Waals surface area (Å²) in [4.78, 5) is 0. The van der Waals surface area contributed by atoms with Crippen molar-refractivity contribution in [3.63, 3.8) is 0 Å².